The van der Waals surface area contributed by atoms with Gasteiger partial charge in [0.1, 0.15) is 28.5 Å². The third-order valence-corrected chi connectivity index (χ3v) is 7.58. The number of anilines is 2. The van der Waals surface area contributed by atoms with E-state index in [1.807, 2.05) is 68.1 Å². The molecule has 1 aromatic carbocycles. The minimum atomic E-state index is 0.0563. The van der Waals surface area contributed by atoms with Crippen molar-refractivity contribution in [2.24, 2.45) is 0 Å². The van der Waals surface area contributed by atoms with Crippen molar-refractivity contribution in [2.45, 2.75) is 33.2 Å². The fraction of sp³-hybridized carbons (Fsp3) is 0.310. The zero-order valence-electron chi connectivity index (χ0n) is 22.2. The van der Waals surface area contributed by atoms with Crippen LogP contribution in [0.1, 0.15) is 28.1 Å². The minimum absolute atomic E-state index is 0.0563. The Morgan fingerprint density at radius 1 is 1.18 bits per heavy atom. The van der Waals surface area contributed by atoms with Crippen molar-refractivity contribution in [1.29, 1.82) is 0 Å². The summed E-state index contributed by atoms with van der Waals surface area (Å²) in [6.45, 7) is 6.05. The van der Waals surface area contributed by atoms with Gasteiger partial charge in [0.05, 0.1) is 18.1 Å². The third-order valence-electron chi connectivity index (χ3n) is 6.45. The highest BCUT2D eigenvalue weighted by molar-refractivity contribution is 7.19. The molecule has 0 fully saturated rings. The van der Waals surface area contributed by atoms with Crippen LogP contribution in [-0.2, 0) is 17.8 Å². The Hall–Kier alpha value is -3.82. The average Bonchev–Trinajstić information content (AvgIpc) is 3.10. The topological polar surface area (TPSA) is 83.5 Å². The number of aromatic nitrogens is 3. The number of thiophene rings is 1. The minimum Gasteiger partial charge on any atom is -0.455 e. The number of nitrogens with zero attached hydrogens (tertiary/aromatic N) is 5. The molecule has 0 saturated carbocycles. The Morgan fingerprint density at radius 2 is 2.05 bits per heavy atom. The van der Waals surface area contributed by atoms with Crippen LogP contribution in [0.2, 0.25) is 0 Å². The van der Waals surface area contributed by atoms with Gasteiger partial charge in [-0.3, -0.25) is 9.78 Å². The highest BCUT2D eigenvalue weighted by Crippen LogP contribution is 2.38. The molecule has 196 valence electrons. The van der Waals surface area contributed by atoms with Crippen LogP contribution in [0.4, 0.5) is 11.5 Å². The lowest BCUT2D eigenvalue weighted by molar-refractivity contribution is -0.126. The summed E-state index contributed by atoms with van der Waals surface area (Å²) in [7, 11) is 3.98. The number of hydrogen-bond donors (Lipinski definition) is 1. The number of aryl methyl sites for hydroxylation is 3. The van der Waals surface area contributed by atoms with E-state index in [0.29, 0.717) is 12.3 Å². The van der Waals surface area contributed by atoms with E-state index in [4.69, 9.17) is 4.74 Å². The van der Waals surface area contributed by atoms with Crippen molar-refractivity contribution in [3.63, 3.8) is 0 Å². The number of likely N-dealkylation sites (N-methyl/N-ethyl adjacent to an activating group) is 1. The summed E-state index contributed by atoms with van der Waals surface area (Å²) in [6.07, 6.45) is 8.73. The van der Waals surface area contributed by atoms with E-state index in [-0.39, 0.29) is 5.91 Å². The summed E-state index contributed by atoms with van der Waals surface area (Å²) in [6, 6.07) is 9.85. The zero-order valence-corrected chi connectivity index (χ0v) is 23.0. The summed E-state index contributed by atoms with van der Waals surface area (Å²) in [5.41, 5.74) is 4.12. The molecule has 9 heteroatoms. The van der Waals surface area contributed by atoms with E-state index >= 15 is 0 Å². The fourth-order valence-electron chi connectivity index (χ4n) is 4.50. The Kier molecular flexibility index (Phi) is 7.67. The van der Waals surface area contributed by atoms with E-state index in [1.54, 1.807) is 29.9 Å². The molecule has 5 rings (SSSR count). The number of benzene rings is 1. The maximum Gasteiger partial charge on any atom is 0.246 e. The molecule has 0 aliphatic carbocycles. The van der Waals surface area contributed by atoms with E-state index < -0.39 is 0 Å². The van der Waals surface area contributed by atoms with Crippen molar-refractivity contribution in [2.75, 3.05) is 32.5 Å². The van der Waals surface area contributed by atoms with Crippen LogP contribution in [0.15, 0.2) is 55.0 Å². The molecule has 4 aromatic rings. The molecule has 38 heavy (non-hydrogen) atoms. The maximum absolute atomic E-state index is 12.8. The molecular formula is C29H32N6O2S. The predicted molar refractivity (Wildman–Crippen MR) is 152 cm³/mol. The van der Waals surface area contributed by atoms with Gasteiger partial charge in [-0.1, -0.05) is 6.08 Å². The lowest BCUT2D eigenvalue weighted by Crippen LogP contribution is -2.29. The summed E-state index contributed by atoms with van der Waals surface area (Å²) in [4.78, 5) is 32.4. The number of nitrogens with one attached hydrogen (secondary N) is 1. The van der Waals surface area contributed by atoms with Crippen molar-refractivity contribution in [3.05, 3.63) is 76.7 Å². The second-order valence-electron chi connectivity index (χ2n) is 9.78. The number of rotatable bonds is 7. The van der Waals surface area contributed by atoms with Crippen LogP contribution >= 0.6 is 11.3 Å². The van der Waals surface area contributed by atoms with Gasteiger partial charge in [-0.2, -0.15) is 0 Å². The lowest BCUT2D eigenvalue weighted by atomic mass is 10.1. The van der Waals surface area contributed by atoms with Gasteiger partial charge >= 0.3 is 0 Å². The van der Waals surface area contributed by atoms with Gasteiger partial charge in [0.25, 0.3) is 0 Å². The molecule has 0 unspecified atom stereocenters. The largest absolute Gasteiger partial charge is 0.455 e. The molecule has 0 radical (unpaired) electrons. The van der Waals surface area contributed by atoms with Crippen molar-refractivity contribution in [3.8, 4) is 11.5 Å². The molecule has 1 N–H and O–H groups in total. The summed E-state index contributed by atoms with van der Waals surface area (Å²) in [5.74, 6) is 2.33. The van der Waals surface area contributed by atoms with E-state index in [2.05, 4.69) is 26.3 Å². The molecule has 8 nitrogen and oxygen atoms in total. The number of fused-ring (bicyclic) bond motifs is 3. The number of pyridine rings is 1. The normalized spacial score (nSPS) is 13.7. The van der Waals surface area contributed by atoms with E-state index in [1.165, 1.54) is 10.4 Å². The van der Waals surface area contributed by atoms with Gasteiger partial charge in [-0.05, 0) is 82.2 Å². The quantitative estimate of drug-likeness (QED) is 0.311. The molecular weight excluding hydrogens is 496 g/mol. The number of hydrogen-bond acceptors (Lipinski definition) is 8. The van der Waals surface area contributed by atoms with Gasteiger partial charge in [0.15, 0.2) is 0 Å². The molecule has 0 spiro atoms. The number of carbonyl (C=O) groups is 1. The molecule has 1 aliphatic rings. The first kappa shape index (κ1) is 25.8. The molecule has 0 saturated heterocycles. The maximum atomic E-state index is 12.8. The Bertz CT molecular complexity index is 1480. The van der Waals surface area contributed by atoms with E-state index in [9.17, 15) is 4.79 Å². The first-order chi connectivity index (χ1) is 18.4. The summed E-state index contributed by atoms with van der Waals surface area (Å²) >= 11 is 1.65. The van der Waals surface area contributed by atoms with Gasteiger partial charge in [0.2, 0.25) is 5.91 Å². The van der Waals surface area contributed by atoms with Gasteiger partial charge in [0, 0.05) is 35.4 Å². The molecule has 0 bridgehead atoms. The van der Waals surface area contributed by atoms with Gasteiger partial charge in [-0.15, -0.1) is 11.3 Å². The SMILES string of the molecule is Cc1ccc(Oc2ccc(Nc3ncnc4sc5c(c34)CCCN(C(=O)/C=C/CN(C)C)C5)cc2C)cn1. The second-order valence-corrected chi connectivity index (χ2v) is 10.9. The average molecular weight is 529 g/mol. The van der Waals surface area contributed by atoms with Crippen LogP contribution in [-0.4, -0.2) is 57.8 Å². The summed E-state index contributed by atoms with van der Waals surface area (Å²) < 4.78 is 6.03. The van der Waals surface area contributed by atoms with E-state index in [0.717, 1.165) is 64.7 Å². The molecule has 4 heterocycles. The third kappa shape index (κ3) is 5.84. The number of carbonyl (C=O) groups excluding carboxylic acids is 1. The van der Waals surface area contributed by atoms with Crippen molar-refractivity contribution in [1.82, 2.24) is 24.8 Å². The number of ether oxygens (including phenoxy) is 1. The zero-order chi connectivity index (χ0) is 26.6. The van der Waals surface area contributed by atoms with Crippen LogP contribution < -0.4 is 10.1 Å². The lowest BCUT2D eigenvalue weighted by Gasteiger charge is -2.18. The van der Waals surface area contributed by atoms with Crippen LogP contribution in [0, 0.1) is 13.8 Å². The molecule has 1 amide bonds. The van der Waals surface area contributed by atoms with Crippen LogP contribution in [0.3, 0.4) is 0 Å². The van der Waals surface area contributed by atoms with Gasteiger partial charge in [-0.25, -0.2) is 9.97 Å². The number of amides is 1. The second kappa shape index (κ2) is 11.3. The predicted octanol–water partition coefficient (Wildman–Crippen LogP) is 5.63. The highest BCUT2D eigenvalue weighted by atomic mass is 32.1. The molecule has 1 aliphatic heterocycles. The van der Waals surface area contributed by atoms with Crippen LogP contribution in [0.5, 0.6) is 11.5 Å². The van der Waals surface area contributed by atoms with Gasteiger partial charge < -0.3 is 19.9 Å². The van der Waals surface area contributed by atoms with Crippen molar-refractivity contribution >= 4 is 39.0 Å². The summed E-state index contributed by atoms with van der Waals surface area (Å²) in [5, 5.41) is 4.56. The molecule has 0 atom stereocenters. The Labute approximate surface area is 227 Å². The smallest absolute Gasteiger partial charge is 0.246 e. The molecule has 3 aromatic heterocycles. The standard InChI is InChI=1S/C29H32N6O2S/c1-19-15-21(10-12-24(19)37-22-11-9-20(2)30-16-22)33-28-27-23-7-5-14-35(26(36)8-6-13-34(3)4)17-25(23)38-29(27)32-18-31-28/h6,8-12,15-16,18H,5,7,13-14,17H2,1-4H3,(H,31,32,33)/b8-6+. The van der Waals surface area contributed by atoms with Crippen molar-refractivity contribution < 1.29 is 9.53 Å². The Balaban J connectivity index is 1.36. The first-order valence-electron chi connectivity index (χ1n) is 12.7. The monoisotopic (exact) mass is 528 g/mol. The highest BCUT2D eigenvalue weighted by Gasteiger charge is 2.24. The fourth-order valence-corrected chi connectivity index (χ4v) is 5.70. The first-order valence-corrected chi connectivity index (χ1v) is 13.5. The van der Waals surface area contributed by atoms with Crippen LogP contribution in [0.25, 0.3) is 10.2 Å². The Morgan fingerprint density at radius 3 is 2.82 bits per heavy atom.